The lowest BCUT2D eigenvalue weighted by molar-refractivity contribution is 0.571. The van der Waals surface area contributed by atoms with Crippen molar-refractivity contribution in [3.05, 3.63) is 53.6 Å². The van der Waals surface area contributed by atoms with Gasteiger partial charge in [-0.1, -0.05) is 6.07 Å². The molecule has 3 N–H and O–H groups in total. The predicted molar refractivity (Wildman–Crippen MR) is 72.1 cm³/mol. The summed E-state index contributed by atoms with van der Waals surface area (Å²) in [5, 5.41) is 2.85. The van der Waals surface area contributed by atoms with Crippen LogP contribution in [-0.4, -0.2) is 4.98 Å². The fourth-order valence-electron chi connectivity index (χ4n) is 1.85. The number of aromatic nitrogens is 1. The second kappa shape index (κ2) is 4.80. The molecular formula is C14H11F2N3O. The van der Waals surface area contributed by atoms with Gasteiger partial charge in [-0.2, -0.15) is 4.98 Å². The van der Waals surface area contributed by atoms with E-state index in [1.54, 1.807) is 18.2 Å². The third-order valence-corrected chi connectivity index (χ3v) is 2.86. The molecule has 0 amide bonds. The molecule has 20 heavy (non-hydrogen) atoms. The molecule has 0 aliphatic heterocycles. The molecule has 0 radical (unpaired) electrons. The Balaban J connectivity index is 1.79. The molecule has 1 aromatic heterocycles. The SMILES string of the molecule is Nc1ccc2nc(NCc3ccc(F)cc3F)oc2c1. The smallest absolute Gasteiger partial charge is 0.295 e. The van der Waals surface area contributed by atoms with E-state index < -0.39 is 11.6 Å². The number of halogens is 2. The minimum Gasteiger partial charge on any atom is -0.423 e. The molecule has 0 aliphatic rings. The Morgan fingerprint density at radius 1 is 1.15 bits per heavy atom. The molecule has 6 heteroatoms. The number of nitrogens with zero attached hydrogens (tertiary/aromatic N) is 1. The summed E-state index contributed by atoms with van der Waals surface area (Å²) < 4.78 is 31.7. The molecule has 102 valence electrons. The van der Waals surface area contributed by atoms with Crippen LogP contribution in [0.2, 0.25) is 0 Å². The maximum absolute atomic E-state index is 13.5. The number of nitrogens with one attached hydrogen (secondary N) is 1. The van der Waals surface area contributed by atoms with E-state index in [4.69, 9.17) is 10.2 Å². The van der Waals surface area contributed by atoms with Crippen LogP contribution in [0.25, 0.3) is 11.1 Å². The quantitative estimate of drug-likeness (QED) is 0.720. The number of nitrogen functional groups attached to an aromatic ring is 1. The molecule has 1 heterocycles. The fraction of sp³-hybridized carbons (Fsp3) is 0.0714. The van der Waals surface area contributed by atoms with E-state index in [-0.39, 0.29) is 12.6 Å². The molecule has 0 bridgehead atoms. The molecule has 3 rings (SSSR count). The van der Waals surface area contributed by atoms with Crippen LogP contribution in [0, 0.1) is 11.6 Å². The van der Waals surface area contributed by atoms with E-state index in [1.165, 1.54) is 12.1 Å². The molecule has 4 nitrogen and oxygen atoms in total. The van der Waals surface area contributed by atoms with Crippen molar-refractivity contribution in [1.82, 2.24) is 4.98 Å². The van der Waals surface area contributed by atoms with Crippen LogP contribution in [-0.2, 0) is 6.54 Å². The highest BCUT2D eigenvalue weighted by atomic mass is 19.1. The normalized spacial score (nSPS) is 10.9. The second-order valence-electron chi connectivity index (χ2n) is 4.34. The van der Waals surface area contributed by atoms with Crippen LogP contribution in [0.3, 0.4) is 0 Å². The summed E-state index contributed by atoms with van der Waals surface area (Å²) >= 11 is 0. The lowest BCUT2D eigenvalue weighted by Gasteiger charge is -2.03. The van der Waals surface area contributed by atoms with Gasteiger partial charge >= 0.3 is 0 Å². The van der Waals surface area contributed by atoms with Crippen molar-refractivity contribution in [2.75, 3.05) is 11.1 Å². The van der Waals surface area contributed by atoms with Crippen molar-refractivity contribution in [3.8, 4) is 0 Å². The van der Waals surface area contributed by atoms with Crippen LogP contribution in [0.1, 0.15) is 5.56 Å². The van der Waals surface area contributed by atoms with E-state index in [0.29, 0.717) is 22.4 Å². The standard InChI is InChI=1S/C14H11F2N3O/c15-9-2-1-8(11(16)5-9)7-18-14-19-12-4-3-10(17)6-13(12)20-14/h1-6H,7,17H2,(H,18,19). The van der Waals surface area contributed by atoms with E-state index in [1.807, 2.05) is 0 Å². The first-order chi connectivity index (χ1) is 9.61. The number of anilines is 2. The monoisotopic (exact) mass is 275 g/mol. The van der Waals surface area contributed by atoms with Gasteiger partial charge in [-0.15, -0.1) is 0 Å². The summed E-state index contributed by atoms with van der Waals surface area (Å²) in [6, 6.07) is 8.78. The van der Waals surface area contributed by atoms with Crippen molar-refractivity contribution in [2.45, 2.75) is 6.54 Å². The van der Waals surface area contributed by atoms with Gasteiger partial charge in [0.2, 0.25) is 0 Å². The molecule has 0 fully saturated rings. The summed E-state index contributed by atoms with van der Waals surface area (Å²) in [6.07, 6.45) is 0. The summed E-state index contributed by atoms with van der Waals surface area (Å²) in [5.74, 6) is -1.22. The Morgan fingerprint density at radius 3 is 2.80 bits per heavy atom. The maximum Gasteiger partial charge on any atom is 0.295 e. The van der Waals surface area contributed by atoms with E-state index in [2.05, 4.69) is 10.3 Å². The lowest BCUT2D eigenvalue weighted by Crippen LogP contribution is -2.02. The molecule has 0 spiro atoms. The Morgan fingerprint density at radius 2 is 2.00 bits per heavy atom. The van der Waals surface area contributed by atoms with Crippen LogP contribution in [0.4, 0.5) is 20.5 Å². The van der Waals surface area contributed by atoms with Crippen molar-refractivity contribution in [1.29, 1.82) is 0 Å². The highest BCUT2D eigenvalue weighted by molar-refractivity contribution is 5.78. The van der Waals surface area contributed by atoms with Crippen LogP contribution < -0.4 is 11.1 Å². The van der Waals surface area contributed by atoms with E-state index in [9.17, 15) is 8.78 Å². The van der Waals surface area contributed by atoms with Crippen molar-refractivity contribution >= 4 is 22.8 Å². The first-order valence-electron chi connectivity index (χ1n) is 5.96. The van der Waals surface area contributed by atoms with Gasteiger partial charge in [0.1, 0.15) is 17.2 Å². The highest BCUT2D eigenvalue weighted by Crippen LogP contribution is 2.21. The first kappa shape index (κ1) is 12.4. The molecule has 0 saturated heterocycles. The van der Waals surface area contributed by atoms with Crippen LogP contribution >= 0.6 is 0 Å². The number of rotatable bonds is 3. The average molecular weight is 275 g/mol. The van der Waals surface area contributed by atoms with Gasteiger partial charge < -0.3 is 15.5 Å². The van der Waals surface area contributed by atoms with E-state index in [0.717, 1.165) is 6.07 Å². The molecular weight excluding hydrogens is 264 g/mol. The van der Waals surface area contributed by atoms with Gasteiger partial charge in [0.25, 0.3) is 6.01 Å². The zero-order valence-electron chi connectivity index (χ0n) is 10.4. The van der Waals surface area contributed by atoms with Gasteiger partial charge in [0, 0.05) is 29.9 Å². The fourth-order valence-corrected chi connectivity index (χ4v) is 1.85. The zero-order valence-corrected chi connectivity index (χ0v) is 10.4. The zero-order chi connectivity index (χ0) is 14.1. The highest BCUT2D eigenvalue weighted by Gasteiger charge is 2.08. The third-order valence-electron chi connectivity index (χ3n) is 2.86. The molecule has 0 aliphatic carbocycles. The Hall–Kier alpha value is -2.63. The van der Waals surface area contributed by atoms with E-state index >= 15 is 0 Å². The summed E-state index contributed by atoms with van der Waals surface area (Å²) in [5.41, 5.74) is 7.74. The average Bonchev–Trinajstić information content (AvgIpc) is 2.79. The Labute approximate surface area is 113 Å². The van der Waals surface area contributed by atoms with Crippen molar-refractivity contribution < 1.29 is 13.2 Å². The van der Waals surface area contributed by atoms with Gasteiger partial charge in [-0.3, -0.25) is 0 Å². The minimum atomic E-state index is -0.613. The van der Waals surface area contributed by atoms with Gasteiger partial charge in [0.15, 0.2) is 5.58 Å². The summed E-state index contributed by atoms with van der Waals surface area (Å²) in [7, 11) is 0. The molecule has 0 atom stereocenters. The van der Waals surface area contributed by atoms with Crippen molar-refractivity contribution in [3.63, 3.8) is 0 Å². The lowest BCUT2D eigenvalue weighted by atomic mass is 10.2. The maximum atomic E-state index is 13.5. The molecule has 0 saturated carbocycles. The molecule has 3 aromatic rings. The number of nitrogens with two attached hydrogens (primary N) is 1. The van der Waals surface area contributed by atoms with Crippen LogP contribution in [0.5, 0.6) is 0 Å². The summed E-state index contributed by atoms with van der Waals surface area (Å²) in [4.78, 5) is 4.19. The Bertz CT molecular complexity index is 770. The van der Waals surface area contributed by atoms with Crippen LogP contribution in [0.15, 0.2) is 40.8 Å². The first-order valence-corrected chi connectivity index (χ1v) is 5.96. The number of fused-ring (bicyclic) bond motifs is 1. The third kappa shape index (κ3) is 2.40. The summed E-state index contributed by atoms with van der Waals surface area (Å²) in [6.45, 7) is 0.147. The number of hydrogen-bond acceptors (Lipinski definition) is 4. The van der Waals surface area contributed by atoms with Gasteiger partial charge in [-0.05, 0) is 18.2 Å². The Kier molecular flexibility index (Phi) is 2.98. The topological polar surface area (TPSA) is 64.1 Å². The molecule has 2 aromatic carbocycles. The number of oxazole rings is 1. The van der Waals surface area contributed by atoms with Gasteiger partial charge in [0.05, 0.1) is 0 Å². The number of benzene rings is 2. The second-order valence-corrected chi connectivity index (χ2v) is 4.34. The predicted octanol–water partition coefficient (Wildman–Crippen LogP) is 3.30. The van der Waals surface area contributed by atoms with Crippen molar-refractivity contribution in [2.24, 2.45) is 0 Å². The number of hydrogen-bond donors (Lipinski definition) is 2. The van der Waals surface area contributed by atoms with Gasteiger partial charge in [-0.25, -0.2) is 8.78 Å². The minimum absolute atomic E-state index is 0.147. The molecule has 0 unspecified atom stereocenters. The largest absolute Gasteiger partial charge is 0.423 e.